The van der Waals surface area contributed by atoms with Gasteiger partial charge in [-0.25, -0.2) is 0 Å². The third-order valence-corrected chi connectivity index (χ3v) is 3.78. The molecule has 0 fully saturated rings. The summed E-state index contributed by atoms with van der Waals surface area (Å²) in [4.78, 5) is 3.03. The molecule has 0 aliphatic rings. The first-order valence-corrected chi connectivity index (χ1v) is 4.73. The van der Waals surface area contributed by atoms with Gasteiger partial charge < -0.3 is 4.90 Å². The van der Waals surface area contributed by atoms with Gasteiger partial charge in [-0.3, -0.25) is 0 Å². The Bertz CT molecular complexity index is 268. The minimum Gasteiger partial charge on any atom is -0.368 e. The van der Waals surface area contributed by atoms with Gasteiger partial charge in [0, 0.05) is 19.0 Å². The molecule has 0 aromatic carbocycles. The first kappa shape index (κ1) is 9.17. The zero-order valence-corrected chi connectivity index (χ0v) is 8.94. The third kappa shape index (κ3) is 1.63. The largest absolute Gasteiger partial charge is 0.368 e. The van der Waals surface area contributed by atoms with E-state index >= 15 is 0 Å². The molecule has 0 radical (unpaired) electrons. The lowest BCUT2D eigenvalue weighted by Crippen LogP contribution is -2.06. The van der Waals surface area contributed by atoms with Crippen LogP contribution in [-0.4, -0.2) is 14.1 Å². The van der Waals surface area contributed by atoms with E-state index in [-0.39, 0.29) is 0 Å². The molecule has 1 aromatic heterocycles. The topological polar surface area (TPSA) is 3.24 Å². The maximum absolute atomic E-state index is 5.95. The number of anilines is 1. The molecule has 0 spiro atoms. The number of hydrogen-bond donors (Lipinski definition) is 0. The molecular formula is C7H9Cl2NS. The van der Waals surface area contributed by atoms with Crippen LogP contribution >= 0.6 is 34.5 Å². The zero-order chi connectivity index (χ0) is 8.59. The number of hydrogen-bond acceptors (Lipinski definition) is 2. The smallest absolute Gasteiger partial charge is 0.111 e. The van der Waals surface area contributed by atoms with Gasteiger partial charge in [-0.05, 0) is 6.92 Å². The standard InChI is InChI=1S/C7H9Cl2NS/c1-4-5(8)6(9)7(11-4)10(2)3/h1-3H3. The highest BCUT2D eigenvalue weighted by atomic mass is 35.5. The van der Waals surface area contributed by atoms with Crippen LogP contribution in [0.3, 0.4) is 0 Å². The summed E-state index contributed by atoms with van der Waals surface area (Å²) in [5.41, 5.74) is 0. The van der Waals surface area contributed by atoms with E-state index in [1.807, 2.05) is 25.9 Å². The summed E-state index contributed by atoms with van der Waals surface area (Å²) in [5.74, 6) is 0. The summed E-state index contributed by atoms with van der Waals surface area (Å²) in [6.45, 7) is 1.96. The van der Waals surface area contributed by atoms with Gasteiger partial charge in [0.2, 0.25) is 0 Å². The van der Waals surface area contributed by atoms with Crippen LogP contribution in [0.4, 0.5) is 5.00 Å². The molecule has 1 heterocycles. The Balaban J connectivity index is 3.19. The molecule has 0 saturated carbocycles. The number of halogens is 2. The summed E-state index contributed by atoms with van der Waals surface area (Å²) < 4.78 is 0. The fourth-order valence-corrected chi connectivity index (χ4v) is 2.37. The number of aryl methyl sites for hydroxylation is 1. The lowest BCUT2D eigenvalue weighted by molar-refractivity contribution is 1.16. The van der Waals surface area contributed by atoms with Crippen molar-refractivity contribution in [3.63, 3.8) is 0 Å². The quantitative estimate of drug-likeness (QED) is 0.686. The van der Waals surface area contributed by atoms with E-state index in [0.29, 0.717) is 10.0 Å². The second-order valence-corrected chi connectivity index (χ2v) is 4.44. The van der Waals surface area contributed by atoms with Gasteiger partial charge in [-0.1, -0.05) is 23.2 Å². The number of thiophene rings is 1. The van der Waals surface area contributed by atoms with Crippen LogP contribution in [0, 0.1) is 6.92 Å². The average molecular weight is 210 g/mol. The van der Waals surface area contributed by atoms with Crippen LogP contribution in [-0.2, 0) is 0 Å². The van der Waals surface area contributed by atoms with Gasteiger partial charge in [-0.2, -0.15) is 0 Å². The maximum Gasteiger partial charge on any atom is 0.111 e. The van der Waals surface area contributed by atoms with Crippen LogP contribution in [0.25, 0.3) is 0 Å². The Morgan fingerprint density at radius 3 is 1.91 bits per heavy atom. The molecule has 0 aliphatic heterocycles. The van der Waals surface area contributed by atoms with E-state index in [1.165, 1.54) is 0 Å². The van der Waals surface area contributed by atoms with E-state index in [9.17, 15) is 0 Å². The molecule has 0 amide bonds. The average Bonchev–Trinajstić information content (AvgIpc) is 2.17. The highest BCUT2D eigenvalue weighted by molar-refractivity contribution is 7.17. The molecule has 0 N–H and O–H groups in total. The molecule has 1 aromatic rings. The Kier molecular flexibility index (Phi) is 2.68. The van der Waals surface area contributed by atoms with Gasteiger partial charge in [0.15, 0.2) is 0 Å². The van der Waals surface area contributed by atoms with E-state index < -0.39 is 0 Å². The predicted octanol–water partition coefficient (Wildman–Crippen LogP) is 3.43. The molecule has 62 valence electrons. The van der Waals surface area contributed by atoms with Gasteiger partial charge in [0.1, 0.15) is 5.00 Å². The van der Waals surface area contributed by atoms with Crippen LogP contribution in [0.2, 0.25) is 10.0 Å². The number of rotatable bonds is 1. The Labute approximate surface area is 80.5 Å². The molecule has 11 heavy (non-hydrogen) atoms. The minimum atomic E-state index is 0.666. The third-order valence-electron chi connectivity index (χ3n) is 1.35. The fourth-order valence-electron chi connectivity index (χ4n) is 0.771. The fraction of sp³-hybridized carbons (Fsp3) is 0.429. The second kappa shape index (κ2) is 3.21. The monoisotopic (exact) mass is 209 g/mol. The van der Waals surface area contributed by atoms with Crippen molar-refractivity contribution in [1.82, 2.24) is 0 Å². The summed E-state index contributed by atoms with van der Waals surface area (Å²) in [6, 6.07) is 0. The molecule has 4 heteroatoms. The molecule has 1 rings (SSSR count). The summed E-state index contributed by atoms with van der Waals surface area (Å²) in [7, 11) is 3.90. The van der Waals surface area contributed by atoms with Crippen LogP contribution < -0.4 is 4.90 Å². The normalized spacial score (nSPS) is 10.3. The first-order valence-electron chi connectivity index (χ1n) is 3.15. The molecule has 0 saturated heterocycles. The number of nitrogens with zero attached hydrogens (tertiary/aromatic N) is 1. The lowest BCUT2D eigenvalue weighted by atomic mass is 10.5. The van der Waals surface area contributed by atoms with Crippen molar-refractivity contribution in [1.29, 1.82) is 0 Å². The zero-order valence-electron chi connectivity index (χ0n) is 6.61. The predicted molar refractivity (Wildman–Crippen MR) is 53.4 cm³/mol. The highest BCUT2D eigenvalue weighted by Gasteiger charge is 2.12. The van der Waals surface area contributed by atoms with Crippen molar-refractivity contribution >= 4 is 39.5 Å². The molecule has 0 atom stereocenters. The van der Waals surface area contributed by atoms with Crippen LogP contribution in [0.1, 0.15) is 4.88 Å². The van der Waals surface area contributed by atoms with E-state index in [1.54, 1.807) is 11.3 Å². The summed E-state index contributed by atoms with van der Waals surface area (Å²) in [5, 5.41) is 2.37. The Hall–Kier alpha value is 0.0800. The van der Waals surface area contributed by atoms with E-state index in [2.05, 4.69) is 0 Å². The van der Waals surface area contributed by atoms with Crippen molar-refractivity contribution in [3.05, 3.63) is 14.9 Å². The van der Waals surface area contributed by atoms with Crippen LogP contribution in [0.5, 0.6) is 0 Å². The SMILES string of the molecule is Cc1sc(N(C)C)c(Cl)c1Cl. The second-order valence-electron chi connectivity index (χ2n) is 2.49. The lowest BCUT2D eigenvalue weighted by Gasteiger charge is -2.08. The van der Waals surface area contributed by atoms with Gasteiger partial charge >= 0.3 is 0 Å². The van der Waals surface area contributed by atoms with Crippen molar-refractivity contribution in [2.24, 2.45) is 0 Å². The van der Waals surface area contributed by atoms with Crippen molar-refractivity contribution < 1.29 is 0 Å². The maximum atomic E-state index is 5.95. The van der Waals surface area contributed by atoms with Crippen molar-refractivity contribution in [2.45, 2.75) is 6.92 Å². The Morgan fingerprint density at radius 1 is 1.18 bits per heavy atom. The highest BCUT2D eigenvalue weighted by Crippen LogP contribution is 2.41. The molecular weight excluding hydrogens is 201 g/mol. The van der Waals surface area contributed by atoms with E-state index in [4.69, 9.17) is 23.2 Å². The molecule has 0 unspecified atom stereocenters. The molecule has 0 aliphatic carbocycles. The summed E-state index contributed by atoms with van der Waals surface area (Å²) >= 11 is 13.5. The molecule has 1 nitrogen and oxygen atoms in total. The van der Waals surface area contributed by atoms with Crippen LogP contribution in [0.15, 0.2) is 0 Å². The first-order chi connectivity index (χ1) is 5.04. The van der Waals surface area contributed by atoms with E-state index in [0.717, 1.165) is 9.88 Å². The van der Waals surface area contributed by atoms with Gasteiger partial charge in [0.25, 0.3) is 0 Å². The Morgan fingerprint density at radius 2 is 1.73 bits per heavy atom. The molecule has 0 bridgehead atoms. The van der Waals surface area contributed by atoms with Gasteiger partial charge in [0.05, 0.1) is 10.0 Å². The van der Waals surface area contributed by atoms with Crippen molar-refractivity contribution in [2.75, 3.05) is 19.0 Å². The van der Waals surface area contributed by atoms with Crippen molar-refractivity contribution in [3.8, 4) is 0 Å². The summed E-state index contributed by atoms with van der Waals surface area (Å²) in [6.07, 6.45) is 0. The minimum absolute atomic E-state index is 0.666. The van der Waals surface area contributed by atoms with Gasteiger partial charge in [-0.15, -0.1) is 11.3 Å².